The van der Waals surface area contributed by atoms with Crippen LogP contribution in [0.2, 0.25) is 0 Å². The highest BCUT2D eigenvalue weighted by atomic mass is 16.5. The molecule has 1 saturated carbocycles. The number of benzene rings is 1. The number of fused-ring (bicyclic) bond motifs is 1. The number of hydrogen-bond donors (Lipinski definition) is 1. The van der Waals surface area contributed by atoms with Gasteiger partial charge in [-0.25, -0.2) is 4.68 Å². The topological polar surface area (TPSA) is 98.2 Å². The van der Waals surface area contributed by atoms with E-state index in [-0.39, 0.29) is 17.7 Å². The van der Waals surface area contributed by atoms with Crippen LogP contribution in [-0.4, -0.2) is 56.0 Å². The number of aromatic nitrogens is 5. The normalized spacial score (nSPS) is 19.9. The molecule has 3 aromatic rings. The summed E-state index contributed by atoms with van der Waals surface area (Å²) in [6, 6.07) is 8.23. The van der Waals surface area contributed by atoms with Crippen LogP contribution in [0.25, 0.3) is 10.9 Å². The Morgan fingerprint density at radius 2 is 2.09 bits per heavy atom. The van der Waals surface area contributed by atoms with Crippen molar-refractivity contribution in [3.05, 3.63) is 46.0 Å². The van der Waals surface area contributed by atoms with Gasteiger partial charge in [0.25, 0.3) is 5.56 Å². The van der Waals surface area contributed by atoms with Crippen LogP contribution in [0.5, 0.6) is 5.75 Å². The SMILES string of the molecule is CC[C@@H](c1nnnn1C[C@H]1CCCO1)N(Cc1cc2ccc(OC)cc2[nH]c1=O)C1CCCC1. The molecule has 1 saturated heterocycles. The van der Waals surface area contributed by atoms with Gasteiger partial charge in [0.1, 0.15) is 5.75 Å². The zero-order valence-corrected chi connectivity index (χ0v) is 20.1. The van der Waals surface area contributed by atoms with Gasteiger partial charge < -0.3 is 14.5 Å². The fourth-order valence-corrected chi connectivity index (χ4v) is 5.52. The molecule has 9 nitrogen and oxygen atoms in total. The summed E-state index contributed by atoms with van der Waals surface area (Å²) in [6.45, 7) is 4.22. The molecule has 2 fully saturated rings. The summed E-state index contributed by atoms with van der Waals surface area (Å²) in [4.78, 5) is 18.6. The Hall–Kier alpha value is -2.78. The number of nitrogens with one attached hydrogen (secondary N) is 1. The van der Waals surface area contributed by atoms with Crippen LogP contribution in [0.4, 0.5) is 0 Å². The van der Waals surface area contributed by atoms with Gasteiger partial charge in [-0.1, -0.05) is 19.8 Å². The summed E-state index contributed by atoms with van der Waals surface area (Å²) in [5.74, 6) is 1.60. The molecule has 0 radical (unpaired) electrons. The molecule has 0 unspecified atom stereocenters. The Kier molecular flexibility index (Phi) is 6.92. The number of rotatable bonds is 9. The van der Waals surface area contributed by atoms with Gasteiger partial charge in [0, 0.05) is 30.8 Å². The molecule has 1 aromatic carbocycles. The lowest BCUT2D eigenvalue weighted by molar-refractivity contribution is 0.0839. The van der Waals surface area contributed by atoms with E-state index in [0.29, 0.717) is 19.1 Å². The lowest BCUT2D eigenvalue weighted by Gasteiger charge is -2.35. The second-order valence-corrected chi connectivity index (χ2v) is 9.47. The van der Waals surface area contributed by atoms with Crippen LogP contribution in [0.3, 0.4) is 0 Å². The summed E-state index contributed by atoms with van der Waals surface area (Å²) in [5.41, 5.74) is 1.49. The highest BCUT2D eigenvalue weighted by molar-refractivity contribution is 5.80. The van der Waals surface area contributed by atoms with Crippen molar-refractivity contribution in [2.75, 3.05) is 13.7 Å². The minimum atomic E-state index is -0.0578. The molecule has 9 heteroatoms. The van der Waals surface area contributed by atoms with Crippen LogP contribution < -0.4 is 10.3 Å². The van der Waals surface area contributed by atoms with E-state index in [1.54, 1.807) is 7.11 Å². The Morgan fingerprint density at radius 3 is 2.82 bits per heavy atom. The van der Waals surface area contributed by atoms with Gasteiger partial charge in [-0.05, 0) is 66.1 Å². The van der Waals surface area contributed by atoms with E-state index >= 15 is 0 Å². The molecule has 1 N–H and O–H groups in total. The van der Waals surface area contributed by atoms with E-state index in [4.69, 9.17) is 9.47 Å². The van der Waals surface area contributed by atoms with Gasteiger partial charge in [0.2, 0.25) is 0 Å². The molecular weight excluding hydrogens is 432 g/mol. The van der Waals surface area contributed by atoms with Crippen LogP contribution in [-0.2, 0) is 17.8 Å². The second-order valence-electron chi connectivity index (χ2n) is 9.47. The number of ether oxygens (including phenoxy) is 2. The molecule has 2 aromatic heterocycles. The van der Waals surface area contributed by atoms with E-state index in [2.05, 4.69) is 32.3 Å². The van der Waals surface area contributed by atoms with Crippen LogP contribution in [0.1, 0.15) is 69.3 Å². The predicted molar refractivity (Wildman–Crippen MR) is 129 cm³/mol. The molecular formula is C25H34N6O3. The number of pyridine rings is 1. The zero-order chi connectivity index (χ0) is 23.5. The lowest BCUT2D eigenvalue weighted by atomic mass is 10.0. The molecule has 0 amide bonds. The van der Waals surface area contributed by atoms with Gasteiger partial charge in [-0.15, -0.1) is 5.10 Å². The third-order valence-electron chi connectivity index (χ3n) is 7.32. The minimum Gasteiger partial charge on any atom is -0.497 e. The Bertz CT molecular complexity index is 1160. The smallest absolute Gasteiger partial charge is 0.252 e. The van der Waals surface area contributed by atoms with Crippen molar-refractivity contribution in [3.8, 4) is 5.75 Å². The number of methoxy groups -OCH3 is 1. The number of nitrogens with zero attached hydrogens (tertiary/aromatic N) is 5. The maximum Gasteiger partial charge on any atom is 0.252 e. The molecule has 2 atom stereocenters. The van der Waals surface area contributed by atoms with Crippen LogP contribution in [0.15, 0.2) is 29.1 Å². The molecule has 0 bridgehead atoms. The number of tetrazole rings is 1. The van der Waals surface area contributed by atoms with Crippen molar-refractivity contribution in [2.24, 2.45) is 0 Å². The van der Waals surface area contributed by atoms with Crippen molar-refractivity contribution in [1.29, 1.82) is 0 Å². The van der Waals surface area contributed by atoms with Crippen molar-refractivity contribution in [2.45, 2.75) is 83.1 Å². The highest BCUT2D eigenvalue weighted by Crippen LogP contribution is 2.34. The summed E-state index contributed by atoms with van der Waals surface area (Å²) in [7, 11) is 1.63. The third kappa shape index (κ3) is 4.72. The average molecular weight is 467 g/mol. The van der Waals surface area contributed by atoms with E-state index in [1.165, 1.54) is 12.8 Å². The van der Waals surface area contributed by atoms with E-state index in [0.717, 1.165) is 66.8 Å². The standard InChI is InChI=1S/C25H34N6O3/c1-3-23(24-27-28-29-31(24)16-21-9-6-12-34-21)30(19-7-4-5-8-19)15-18-13-17-10-11-20(33-2)14-22(17)26-25(18)32/h10-11,13-14,19,21,23H,3-9,12,15-16H2,1-2H3,(H,26,32)/t21-,23+/m1/s1. The molecule has 0 spiro atoms. The average Bonchev–Trinajstić information content (AvgIpc) is 3.63. The fraction of sp³-hybridized carbons (Fsp3) is 0.600. The van der Waals surface area contributed by atoms with Crippen molar-refractivity contribution in [1.82, 2.24) is 30.1 Å². The number of hydrogen-bond acceptors (Lipinski definition) is 7. The van der Waals surface area contributed by atoms with Gasteiger partial charge in [0.15, 0.2) is 5.82 Å². The molecule has 1 aliphatic carbocycles. The van der Waals surface area contributed by atoms with E-state index in [9.17, 15) is 4.79 Å². The Labute approximate surface area is 199 Å². The first-order valence-corrected chi connectivity index (χ1v) is 12.5. The summed E-state index contributed by atoms with van der Waals surface area (Å²) < 4.78 is 13.1. The Balaban J connectivity index is 1.46. The lowest BCUT2D eigenvalue weighted by Crippen LogP contribution is -2.39. The zero-order valence-electron chi connectivity index (χ0n) is 20.1. The van der Waals surface area contributed by atoms with Crippen LogP contribution in [0, 0.1) is 0 Å². The first-order chi connectivity index (χ1) is 16.7. The van der Waals surface area contributed by atoms with Crippen molar-refractivity contribution in [3.63, 3.8) is 0 Å². The number of aromatic amines is 1. The van der Waals surface area contributed by atoms with Crippen molar-refractivity contribution >= 4 is 10.9 Å². The molecule has 34 heavy (non-hydrogen) atoms. The number of H-pyrrole nitrogens is 1. The largest absolute Gasteiger partial charge is 0.497 e. The van der Waals surface area contributed by atoms with Crippen molar-refractivity contribution < 1.29 is 9.47 Å². The fourth-order valence-electron chi connectivity index (χ4n) is 5.52. The molecule has 3 heterocycles. The predicted octanol–water partition coefficient (Wildman–Crippen LogP) is 3.60. The summed E-state index contributed by atoms with van der Waals surface area (Å²) in [5, 5.41) is 13.8. The maximum atomic E-state index is 13.1. The Morgan fingerprint density at radius 1 is 1.24 bits per heavy atom. The molecule has 1 aliphatic heterocycles. The van der Waals surface area contributed by atoms with E-state index < -0.39 is 0 Å². The van der Waals surface area contributed by atoms with Gasteiger partial charge in [-0.3, -0.25) is 9.69 Å². The molecule has 5 rings (SSSR count). The van der Waals surface area contributed by atoms with Gasteiger partial charge in [-0.2, -0.15) is 0 Å². The third-order valence-corrected chi connectivity index (χ3v) is 7.32. The second kappa shape index (κ2) is 10.2. The van der Waals surface area contributed by atoms with Gasteiger partial charge in [0.05, 0.1) is 31.3 Å². The minimum absolute atomic E-state index is 0.0328. The summed E-state index contributed by atoms with van der Waals surface area (Å²) >= 11 is 0. The quantitative estimate of drug-likeness (QED) is 0.514. The first kappa shape index (κ1) is 23.0. The first-order valence-electron chi connectivity index (χ1n) is 12.5. The van der Waals surface area contributed by atoms with Gasteiger partial charge >= 0.3 is 0 Å². The monoisotopic (exact) mass is 466 g/mol. The maximum absolute atomic E-state index is 13.1. The van der Waals surface area contributed by atoms with Crippen LogP contribution >= 0.6 is 0 Å². The molecule has 2 aliphatic rings. The van der Waals surface area contributed by atoms with E-state index in [1.807, 2.05) is 28.9 Å². The highest BCUT2D eigenvalue weighted by Gasteiger charge is 2.33. The summed E-state index contributed by atoms with van der Waals surface area (Å²) in [6.07, 6.45) is 7.85. The molecule has 182 valence electrons.